The monoisotopic (exact) mass is 179 g/mol. The van der Waals surface area contributed by atoms with Crippen molar-refractivity contribution >= 4 is 5.97 Å². The van der Waals surface area contributed by atoms with Gasteiger partial charge in [0.25, 0.3) is 0 Å². The highest BCUT2D eigenvalue weighted by Gasteiger charge is 2.45. The van der Waals surface area contributed by atoms with Crippen molar-refractivity contribution < 1.29 is 9.90 Å². The summed E-state index contributed by atoms with van der Waals surface area (Å²) in [6.45, 7) is 2.99. The minimum absolute atomic E-state index is 0.139. The second-order valence-electron chi connectivity index (χ2n) is 3.51. The Balaban J connectivity index is 2.15. The molecule has 0 spiro atoms. The van der Waals surface area contributed by atoms with Gasteiger partial charge in [0.1, 0.15) is 0 Å². The summed E-state index contributed by atoms with van der Waals surface area (Å²) < 4.78 is 2.12. The van der Waals surface area contributed by atoms with Crippen molar-refractivity contribution in [3.8, 4) is 0 Å². The first-order chi connectivity index (χ1) is 6.24. The van der Waals surface area contributed by atoms with Crippen LogP contribution in [-0.4, -0.2) is 15.6 Å². The number of aryl methyl sites for hydroxylation is 1. The fourth-order valence-corrected chi connectivity index (χ4v) is 1.85. The lowest BCUT2D eigenvalue weighted by atomic mass is 10.2. The van der Waals surface area contributed by atoms with Crippen LogP contribution in [0.15, 0.2) is 18.3 Å². The molecule has 1 heterocycles. The highest BCUT2D eigenvalue weighted by molar-refractivity contribution is 5.75. The van der Waals surface area contributed by atoms with Crippen LogP contribution < -0.4 is 0 Å². The Bertz CT molecular complexity index is 329. The van der Waals surface area contributed by atoms with Crippen LogP contribution in [0.3, 0.4) is 0 Å². The first kappa shape index (κ1) is 8.35. The van der Waals surface area contributed by atoms with E-state index in [4.69, 9.17) is 5.11 Å². The molecule has 2 atom stereocenters. The van der Waals surface area contributed by atoms with Gasteiger partial charge in [-0.15, -0.1) is 0 Å². The lowest BCUT2D eigenvalue weighted by Crippen LogP contribution is -2.02. The average molecular weight is 179 g/mol. The van der Waals surface area contributed by atoms with Crippen LogP contribution in [0.25, 0.3) is 0 Å². The van der Waals surface area contributed by atoms with E-state index >= 15 is 0 Å². The minimum Gasteiger partial charge on any atom is -0.481 e. The van der Waals surface area contributed by atoms with E-state index < -0.39 is 5.97 Å². The zero-order valence-electron chi connectivity index (χ0n) is 7.60. The Kier molecular flexibility index (Phi) is 1.87. The van der Waals surface area contributed by atoms with Crippen LogP contribution in [-0.2, 0) is 11.3 Å². The third-order valence-corrected chi connectivity index (χ3v) is 2.69. The highest BCUT2D eigenvalue weighted by atomic mass is 16.4. The molecule has 0 bridgehead atoms. The van der Waals surface area contributed by atoms with Crippen LogP contribution >= 0.6 is 0 Å². The highest BCUT2D eigenvalue weighted by Crippen LogP contribution is 2.47. The first-order valence-electron chi connectivity index (χ1n) is 4.62. The zero-order chi connectivity index (χ0) is 9.42. The van der Waals surface area contributed by atoms with E-state index in [1.165, 1.54) is 5.69 Å². The van der Waals surface area contributed by atoms with Gasteiger partial charge in [-0.25, -0.2) is 0 Å². The Morgan fingerprint density at radius 2 is 2.54 bits per heavy atom. The van der Waals surface area contributed by atoms with Crippen molar-refractivity contribution in [3.05, 3.63) is 24.0 Å². The molecule has 2 unspecified atom stereocenters. The Morgan fingerprint density at radius 3 is 3.08 bits per heavy atom. The Morgan fingerprint density at radius 1 is 1.77 bits per heavy atom. The summed E-state index contributed by atoms with van der Waals surface area (Å²) >= 11 is 0. The third-order valence-electron chi connectivity index (χ3n) is 2.69. The minimum atomic E-state index is -0.658. The zero-order valence-corrected chi connectivity index (χ0v) is 7.60. The second kappa shape index (κ2) is 2.91. The number of hydrogen-bond acceptors (Lipinski definition) is 1. The number of aliphatic carboxylic acids is 1. The summed E-state index contributed by atoms with van der Waals surface area (Å²) in [7, 11) is 0. The summed E-state index contributed by atoms with van der Waals surface area (Å²) in [6, 6.07) is 4.01. The van der Waals surface area contributed by atoms with Crippen molar-refractivity contribution in [2.24, 2.45) is 5.92 Å². The lowest BCUT2D eigenvalue weighted by molar-refractivity contribution is -0.138. The molecule has 0 aromatic carbocycles. The van der Waals surface area contributed by atoms with Crippen LogP contribution in [0.4, 0.5) is 0 Å². The molecule has 0 amide bonds. The molecule has 1 aromatic rings. The van der Waals surface area contributed by atoms with Gasteiger partial charge in [0, 0.05) is 24.4 Å². The summed E-state index contributed by atoms with van der Waals surface area (Å²) in [5.41, 5.74) is 1.18. The summed E-state index contributed by atoms with van der Waals surface area (Å²) in [6.07, 6.45) is 2.81. The largest absolute Gasteiger partial charge is 0.481 e. The van der Waals surface area contributed by atoms with E-state index in [9.17, 15) is 4.79 Å². The SMILES string of the molecule is CCn1cccc1C1CC1C(=O)O. The van der Waals surface area contributed by atoms with Gasteiger partial charge < -0.3 is 9.67 Å². The average Bonchev–Trinajstić information content (AvgIpc) is 2.77. The summed E-state index contributed by atoms with van der Waals surface area (Å²) in [4.78, 5) is 10.7. The molecule has 1 aliphatic carbocycles. The third kappa shape index (κ3) is 1.34. The number of carboxylic acid groups (broad SMARTS) is 1. The van der Waals surface area contributed by atoms with E-state index in [-0.39, 0.29) is 11.8 Å². The van der Waals surface area contributed by atoms with Crippen molar-refractivity contribution in [2.75, 3.05) is 0 Å². The maximum Gasteiger partial charge on any atom is 0.307 e. The van der Waals surface area contributed by atoms with Crippen LogP contribution in [0.1, 0.15) is 25.0 Å². The molecule has 1 fully saturated rings. The van der Waals surface area contributed by atoms with E-state index in [2.05, 4.69) is 11.5 Å². The van der Waals surface area contributed by atoms with E-state index in [0.717, 1.165) is 13.0 Å². The molecule has 13 heavy (non-hydrogen) atoms. The maximum absolute atomic E-state index is 10.7. The van der Waals surface area contributed by atoms with Crippen LogP contribution in [0.5, 0.6) is 0 Å². The van der Waals surface area contributed by atoms with Crippen LogP contribution in [0, 0.1) is 5.92 Å². The fraction of sp³-hybridized carbons (Fsp3) is 0.500. The molecule has 2 rings (SSSR count). The summed E-state index contributed by atoms with van der Waals surface area (Å²) in [5, 5.41) is 8.78. The van der Waals surface area contributed by atoms with Crippen molar-refractivity contribution in [1.82, 2.24) is 4.57 Å². The fourth-order valence-electron chi connectivity index (χ4n) is 1.85. The number of hydrogen-bond donors (Lipinski definition) is 1. The maximum atomic E-state index is 10.7. The molecule has 1 aromatic heterocycles. The van der Waals surface area contributed by atoms with Crippen LogP contribution in [0.2, 0.25) is 0 Å². The van der Waals surface area contributed by atoms with Crippen molar-refractivity contribution in [2.45, 2.75) is 25.8 Å². The summed E-state index contributed by atoms with van der Waals surface area (Å²) in [5.74, 6) is -0.540. The molecule has 0 aliphatic heterocycles. The smallest absolute Gasteiger partial charge is 0.307 e. The topological polar surface area (TPSA) is 42.2 Å². The number of carbonyl (C=O) groups is 1. The quantitative estimate of drug-likeness (QED) is 0.767. The molecular formula is C10H13NO2. The molecule has 3 nitrogen and oxygen atoms in total. The van der Waals surface area contributed by atoms with Crippen molar-refractivity contribution in [3.63, 3.8) is 0 Å². The standard InChI is InChI=1S/C10H13NO2/c1-2-11-5-3-4-9(11)7-6-8(7)10(12)13/h3-5,7-8H,2,6H2,1H3,(H,12,13). The van der Waals surface area contributed by atoms with Crippen molar-refractivity contribution in [1.29, 1.82) is 0 Å². The number of aromatic nitrogens is 1. The molecular weight excluding hydrogens is 166 g/mol. The number of carboxylic acids is 1. The van der Waals surface area contributed by atoms with Gasteiger partial charge >= 0.3 is 5.97 Å². The lowest BCUT2D eigenvalue weighted by Gasteiger charge is -2.03. The van der Waals surface area contributed by atoms with Gasteiger partial charge in [-0.1, -0.05) is 0 Å². The molecule has 1 N–H and O–H groups in total. The van der Waals surface area contributed by atoms with Gasteiger partial charge in [-0.2, -0.15) is 0 Å². The molecule has 1 saturated carbocycles. The Labute approximate surface area is 77.0 Å². The molecule has 0 saturated heterocycles. The second-order valence-corrected chi connectivity index (χ2v) is 3.51. The Hall–Kier alpha value is -1.25. The van der Waals surface area contributed by atoms with E-state index in [1.807, 2.05) is 18.3 Å². The normalized spacial score (nSPS) is 25.9. The van der Waals surface area contributed by atoms with Gasteiger partial charge in [0.2, 0.25) is 0 Å². The predicted octanol–water partition coefficient (Wildman–Crippen LogP) is 1.70. The van der Waals surface area contributed by atoms with Gasteiger partial charge in [-0.3, -0.25) is 4.79 Å². The number of nitrogens with zero attached hydrogens (tertiary/aromatic N) is 1. The predicted molar refractivity (Wildman–Crippen MR) is 48.6 cm³/mol. The molecule has 1 aliphatic rings. The molecule has 3 heteroatoms. The number of rotatable bonds is 3. The molecule has 70 valence electrons. The van der Waals surface area contributed by atoms with E-state index in [0.29, 0.717) is 0 Å². The van der Waals surface area contributed by atoms with Gasteiger partial charge in [0.05, 0.1) is 5.92 Å². The first-order valence-corrected chi connectivity index (χ1v) is 4.62. The molecule has 0 radical (unpaired) electrons. The van der Waals surface area contributed by atoms with Gasteiger partial charge in [0.15, 0.2) is 0 Å². The van der Waals surface area contributed by atoms with E-state index in [1.54, 1.807) is 0 Å². The van der Waals surface area contributed by atoms with Gasteiger partial charge in [-0.05, 0) is 25.5 Å².